The van der Waals surface area contributed by atoms with Crippen LogP contribution in [0, 0.1) is 0 Å². The van der Waals surface area contributed by atoms with Gasteiger partial charge in [0.05, 0.1) is 19.3 Å². The Morgan fingerprint density at radius 3 is 1.63 bits per heavy atom. The summed E-state index contributed by atoms with van der Waals surface area (Å²) in [5, 5.41) is 10.8. The van der Waals surface area contributed by atoms with Crippen molar-refractivity contribution in [3.05, 3.63) is 144 Å². The van der Waals surface area contributed by atoms with Gasteiger partial charge in [-0.15, -0.1) is 0 Å². The Kier molecular flexibility index (Phi) is 7.36. The Morgan fingerprint density at radius 2 is 1.14 bits per heavy atom. The molecule has 178 valence electrons. The van der Waals surface area contributed by atoms with Crippen LogP contribution < -0.4 is 0 Å². The van der Waals surface area contributed by atoms with Crippen LogP contribution in [0.5, 0.6) is 0 Å². The summed E-state index contributed by atoms with van der Waals surface area (Å²) in [5.74, 6) is 0. The molecule has 0 spiro atoms. The fraction of sp³-hybridized carbons (Fsp3) is 0.226. The Hall–Kier alpha value is -3.28. The number of aliphatic hydroxyl groups is 1. The van der Waals surface area contributed by atoms with Crippen molar-refractivity contribution >= 4 is 0 Å². The van der Waals surface area contributed by atoms with Gasteiger partial charge >= 0.3 is 0 Å². The van der Waals surface area contributed by atoms with Crippen molar-refractivity contribution in [2.45, 2.75) is 37.1 Å². The lowest BCUT2D eigenvalue weighted by Gasteiger charge is -2.37. The monoisotopic (exact) mass is 466 g/mol. The highest BCUT2D eigenvalue weighted by Gasteiger charge is 2.41. The summed E-state index contributed by atoms with van der Waals surface area (Å²) >= 11 is 0. The first-order valence-electron chi connectivity index (χ1n) is 12.1. The van der Waals surface area contributed by atoms with Crippen LogP contribution in [0.15, 0.2) is 121 Å². The highest BCUT2D eigenvalue weighted by atomic mass is 16.7. The van der Waals surface area contributed by atoms with Gasteiger partial charge in [-0.3, -0.25) is 0 Å². The average molecular weight is 467 g/mol. The minimum Gasteiger partial charge on any atom is -0.390 e. The summed E-state index contributed by atoms with van der Waals surface area (Å²) in [4.78, 5) is 0. The summed E-state index contributed by atoms with van der Waals surface area (Å²) < 4.78 is 18.9. The molecular weight excluding hydrogens is 436 g/mol. The van der Waals surface area contributed by atoms with Crippen LogP contribution in [0.1, 0.15) is 28.7 Å². The van der Waals surface area contributed by atoms with Gasteiger partial charge in [0.2, 0.25) is 0 Å². The maximum Gasteiger partial charge on any atom is 0.161 e. The predicted octanol–water partition coefficient (Wildman–Crippen LogP) is 5.69. The Labute approximate surface area is 206 Å². The molecule has 4 nitrogen and oxygen atoms in total. The molecule has 1 aliphatic rings. The fourth-order valence-corrected chi connectivity index (χ4v) is 4.69. The molecule has 3 atom stereocenters. The molecule has 1 saturated heterocycles. The van der Waals surface area contributed by atoms with E-state index in [2.05, 4.69) is 36.4 Å². The summed E-state index contributed by atoms with van der Waals surface area (Å²) in [6.45, 7) is 0.652. The fourth-order valence-electron chi connectivity index (χ4n) is 4.69. The van der Waals surface area contributed by atoms with Crippen LogP contribution in [0.3, 0.4) is 0 Å². The molecule has 0 amide bonds. The first-order chi connectivity index (χ1) is 17.3. The Balaban J connectivity index is 1.39. The molecule has 35 heavy (non-hydrogen) atoms. The van der Waals surface area contributed by atoms with E-state index in [1.807, 2.05) is 84.9 Å². The van der Waals surface area contributed by atoms with E-state index in [1.54, 1.807) is 0 Å². The maximum atomic E-state index is 10.8. The first kappa shape index (κ1) is 23.5. The van der Waals surface area contributed by atoms with Gasteiger partial charge < -0.3 is 19.3 Å². The number of hydrogen-bond acceptors (Lipinski definition) is 4. The third-order valence-corrected chi connectivity index (χ3v) is 6.47. The molecule has 1 N–H and O–H groups in total. The van der Waals surface area contributed by atoms with Crippen molar-refractivity contribution < 1.29 is 19.3 Å². The highest BCUT2D eigenvalue weighted by Crippen LogP contribution is 2.41. The third kappa shape index (κ3) is 5.21. The molecule has 0 bridgehead atoms. The van der Waals surface area contributed by atoms with E-state index in [4.69, 9.17) is 14.2 Å². The summed E-state index contributed by atoms with van der Waals surface area (Å²) in [7, 11) is 0. The lowest BCUT2D eigenvalue weighted by atomic mass is 9.80. The maximum absolute atomic E-state index is 10.8. The van der Waals surface area contributed by atoms with E-state index in [-0.39, 0.29) is 6.61 Å². The topological polar surface area (TPSA) is 47.9 Å². The summed E-state index contributed by atoms with van der Waals surface area (Å²) in [5.41, 5.74) is 3.27. The molecule has 5 rings (SSSR count). The third-order valence-electron chi connectivity index (χ3n) is 6.47. The van der Waals surface area contributed by atoms with Gasteiger partial charge in [-0.05, 0) is 22.3 Å². The first-order valence-corrected chi connectivity index (χ1v) is 12.1. The van der Waals surface area contributed by atoms with Crippen LogP contribution in [-0.4, -0.2) is 30.2 Å². The van der Waals surface area contributed by atoms with Gasteiger partial charge in [0.15, 0.2) is 6.29 Å². The van der Waals surface area contributed by atoms with Gasteiger partial charge in [-0.1, -0.05) is 121 Å². The van der Waals surface area contributed by atoms with Gasteiger partial charge in [0, 0.05) is 6.42 Å². The van der Waals surface area contributed by atoms with E-state index in [0.717, 1.165) is 22.3 Å². The standard InChI is InChI=1S/C31H30O4/c32-28-21-30(33-22-24-13-5-1-6-14-24)35-29(28)23-34-31(25-15-7-2-8-16-25,26-17-9-3-10-18-26)27-19-11-4-12-20-27/h1-20,28-30,32H,21-23H2/t28-,29-,30+/m1/s1. The van der Waals surface area contributed by atoms with Gasteiger partial charge in [0.1, 0.15) is 11.7 Å². The molecule has 1 fully saturated rings. The van der Waals surface area contributed by atoms with Crippen LogP contribution in [0.4, 0.5) is 0 Å². The second-order valence-corrected chi connectivity index (χ2v) is 8.79. The van der Waals surface area contributed by atoms with E-state index in [9.17, 15) is 5.11 Å². The molecule has 0 radical (unpaired) electrons. The average Bonchev–Trinajstić information content (AvgIpc) is 3.29. The van der Waals surface area contributed by atoms with Crippen LogP contribution in [0.2, 0.25) is 0 Å². The second-order valence-electron chi connectivity index (χ2n) is 8.79. The normalized spacial score (nSPS) is 20.1. The summed E-state index contributed by atoms with van der Waals surface area (Å²) in [6.07, 6.45) is -1.23. The number of hydrogen-bond donors (Lipinski definition) is 1. The zero-order chi connectivity index (χ0) is 23.9. The van der Waals surface area contributed by atoms with Gasteiger partial charge in [-0.2, -0.15) is 0 Å². The SMILES string of the molecule is O[C@@H]1C[C@@H](OCc2ccccc2)O[C@@H]1COC(c1ccccc1)(c1ccccc1)c1ccccc1. The van der Waals surface area contributed by atoms with Crippen molar-refractivity contribution in [1.29, 1.82) is 0 Å². The van der Waals surface area contributed by atoms with Crippen LogP contribution in [0.25, 0.3) is 0 Å². The van der Waals surface area contributed by atoms with E-state index in [1.165, 1.54) is 0 Å². The van der Waals surface area contributed by atoms with Gasteiger partial charge in [0.25, 0.3) is 0 Å². The molecule has 0 unspecified atom stereocenters. The van der Waals surface area contributed by atoms with Crippen molar-refractivity contribution in [2.75, 3.05) is 6.61 Å². The van der Waals surface area contributed by atoms with E-state index < -0.39 is 24.1 Å². The van der Waals surface area contributed by atoms with Gasteiger partial charge in [-0.25, -0.2) is 0 Å². The Bertz CT molecular complexity index is 1070. The largest absolute Gasteiger partial charge is 0.390 e. The molecule has 1 heterocycles. The molecule has 4 aromatic rings. The molecule has 4 aromatic carbocycles. The number of benzene rings is 4. The minimum atomic E-state index is -0.851. The summed E-state index contributed by atoms with van der Waals surface area (Å²) in [6, 6.07) is 40.6. The van der Waals surface area contributed by atoms with Crippen molar-refractivity contribution in [3.8, 4) is 0 Å². The lowest BCUT2D eigenvalue weighted by Crippen LogP contribution is -2.38. The predicted molar refractivity (Wildman–Crippen MR) is 136 cm³/mol. The van der Waals surface area contributed by atoms with Crippen LogP contribution >= 0.6 is 0 Å². The van der Waals surface area contributed by atoms with Crippen molar-refractivity contribution in [2.24, 2.45) is 0 Å². The molecule has 1 aliphatic heterocycles. The molecule has 4 heteroatoms. The minimum absolute atomic E-state index is 0.213. The Morgan fingerprint density at radius 1 is 0.686 bits per heavy atom. The zero-order valence-electron chi connectivity index (χ0n) is 19.6. The van der Waals surface area contributed by atoms with Crippen molar-refractivity contribution in [1.82, 2.24) is 0 Å². The van der Waals surface area contributed by atoms with E-state index >= 15 is 0 Å². The smallest absolute Gasteiger partial charge is 0.161 e. The molecule has 0 aromatic heterocycles. The van der Waals surface area contributed by atoms with Crippen LogP contribution in [-0.2, 0) is 26.4 Å². The second kappa shape index (κ2) is 11.0. The molecular formula is C31H30O4. The quantitative estimate of drug-likeness (QED) is 0.322. The van der Waals surface area contributed by atoms with Crippen molar-refractivity contribution in [3.63, 3.8) is 0 Å². The van der Waals surface area contributed by atoms with E-state index in [0.29, 0.717) is 13.0 Å². The number of ether oxygens (including phenoxy) is 3. The number of aliphatic hydroxyl groups excluding tert-OH is 1. The number of rotatable bonds is 9. The molecule has 0 saturated carbocycles. The zero-order valence-corrected chi connectivity index (χ0v) is 19.6. The highest BCUT2D eigenvalue weighted by molar-refractivity contribution is 5.47. The molecule has 0 aliphatic carbocycles. The lowest BCUT2D eigenvalue weighted by molar-refractivity contribution is -0.162.